The molecular weight excluding hydrogens is 260 g/mol. The summed E-state index contributed by atoms with van der Waals surface area (Å²) in [5.74, 6) is 0. The van der Waals surface area contributed by atoms with Crippen molar-refractivity contribution in [3.63, 3.8) is 0 Å². The van der Waals surface area contributed by atoms with E-state index in [1.54, 1.807) is 24.3 Å². The zero-order chi connectivity index (χ0) is 16.4. The van der Waals surface area contributed by atoms with Gasteiger partial charge in [0.05, 0.1) is 17.9 Å². The smallest absolute Gasteiger partial charge is 0.166 e. The number of rotatable bonds is 7. The molecule has 0 spiro atoms. The molecule has 1 aromatic heterocycles. The molecule has 0 fully saturated rings. The molecule has 0 amide bonds. The summed E-state index contributed by atoms with van der Waals surface area (Å²) in [5.41, 5.74) is 3.95. The highest BCUT2D eigenvalue weighted by Crippen LogP contribution is 2.24. The Hall–Kier alpha value is -2.42. The second-order valence-corrected chi connectivity index (χ2v) is 4.11. The average Bonchev–Trinajstić information content (AvgIpc) is 2.86. The molecular formula is C18H24N2O. The molecule has 0 saturated carbocycles. The van der Waals surface area contributed by atoms with Crippen molar-refractivity contribution in [1.82, 2.24) is 4.57 Å². The third-order valence-electron chi connectivity index (χ3n) is 2.78. The number of aromatic nitrogens is 1. The molecule has 0 radical (unpaired) electrons. The fourth-order valence-electron chi connectivity index (χ4n) is 1.87. The lowest BCUT2D eigenvalue weighted by Gasteiger charge is -2.10. The van der Waals surface area contributed by atoms with Gasteiger partial charge in [0, 0.05) is 11.3 Å². The van der Waals surface area contributed by atoms with Gasteiger partial charge in [-0.1, -0.05) is 39.7 Å². The minimum atomic E-state index is 0.443. The van der Waals surface area contributed by atoms with Crippen molar-refractivity contribution in [3.8, 4) is 0 Å². The van der Waals surface area contributed by atoms with Crippen molar-refractivity contribution in [1.29, 1.82) is 0 Å². The van der Waals surface area contributed by atoms with Crippen LogP contribution >= 0.6 is 0 Å². The van der Waals surface area contributed by atoms with E-state index in [-0.39, 0.29) is 0 Å². The number of aldehydes is 1. The zero-order valence-electron chi connectivity index (χ0n) is 13.2. The minimum Gasteiger partial charge on any atom is -0.332 e. The van der Waals surface area contributed by atoms with Crippen LogP contribution < -0.4 is 0 Å². The third kappa shape index (κ3) is 4.56. The summed E-state index contributed by atoms with van der Waals surface area (Å²) in [6.45, 7) is 21.2. The maximum atomic E-state index is 11.2. The highest BCUT2D eigenvalue weighted by molar-refractivity contribution is 5.80. The summed E-state index contributed by atoms with van der Waals surface area (Å²) < 4.78 is 1.84. The monoisotopic (exact) mass is 284 g/mol. The van der Waals surface area contributed by atoms with E-state index in [1.807, 2.05) is 25.3 Å². The highest BCUT2D eigenvalue weighted by Gasteiger charge is 2.13. The minimum absolute atomic E-state index is 0.443. The number of carbonyl (C=O) groups is 1. The zero-order valence-corrected chi connectivity index (χ0v) is 13.2. The van der Waals surface area contributed by atoms with Gasteiger partial charge in [-0.3, -0.25) is 9.79 Å². The first-order valence-corrected chi connectivity index (χ1v) is 6.84. The quantitative estimate of drug-likeness (QED) is 0.403. The SMILES string of the molecule is C=C/C=C(/Cn1c(C=O)cc(C(=C)C)c1C=C)N=C.CC. The van der Waals surface area contributed by atoms with Gasteiger partial charge < -0.3 is 4.57 Å². The lowest BCUT2D eigenvalue weighted by molar-refractivity contribution is 0.111. The Morgan fingerprint density at radius 3 is 2.38 bits per heavy atom. The maximum Gasteiger partial charge on any atom is 0.166 e. The van der Waals surface area contributed by atoms with Crippen LogP contribution in [0.4, 0.5) is 0 Å². The van der Waals surface area contributed by atoms with Crippen LogP contribution in [0.5, 0.6) is 0 Å². The van der Waals surface area contributed by atoms with Crippen LogP contribution in [0.3, 0.4) is 0 Å². The standard InChI is InChI=1S/C16H18N2O.C2H6/c1-6-8-13(17-5)10-18-14(11-19)9-15(12(3)4)16(18)7-2;1-2/h6-9,11H,1-3,5,10H2,4H3;1-2H3/b13-8-;. The van der Waals surface area contributed by atoms with E-state index in [1.165, 1.54) is 0 Å². The lowest BCUT2D eigenvalue weighted by Crippen LogP contribution is -2.06. The molecule has 1 heterocycles. The summed E-state index contributed by atoms with van der Waals surface area (Å²) >= 11 is 0. The van der Waals surface area contributed by atoms with Crippen LogP contribution in [0.25, 0.3) is 11.6 Å². The number of carbonyl (C=O) groups excluding carboxylic acids is 1. The number of hydrogen-bond donors (Lipinski definition) is 0. The number of allylic oxidation sites excluding steroid dienone is 4. The van der Waals surface area contributed by atoms with E-state index in [9.17, 15) is 4.79 Å². The fourth-order valence-corrected chi connectivity index (χ4v) is 1.87. The molecule has 3 nitrogen and oxygen atoms in total. The highest BCUT2D eigenvalue weighted by atomic mass is 16.1. The molecule has 3 heteroatoms. The Morgan fingerprint density at radius 1 is 1.38 bits per heavy atom. The van der Waals surface area contributed by atoms with Gasteiger partial charge in [-0.15, -0.1) is 0 Å². The largest absolute Gasteiger partial charge is 0.332 e. The summed E-state index contributed by atoms with van der Waals surface area (Å²) in [6, 6.07) is 1.81. The fraction of sp³-hybridized carbons (Fsp3) is 0.222. The molecule has 0 aliphatic heterocycles. The van der Waals surface area contributed by atoms with Crippen LogP contribution in [0.1, 0.15) is 42.5 Å². The predicted molar refractivity (Wildman–Crippen MR) is 93.8 cm³/mol. The number of aliphatic imine (C=N–C) groups is 1. The van der Waals surface area contributed by atoms with E-state index in [0.717, 1.165) is 28.8 Å². The van der Waals surface area contributed by atoms with Crippen molar-refractivity contribution in [3.05, 3.63) is 60.6 Å². The summed E-state index contributed by atoms with van der Waals surface area (Å²) in [4.78, 5) is 15.1. The van der Waals surface area contributed by atoms with Crippen molar-refractivity contribution in [2.45, 2.75) is 27.3 Å². The first-order valence-electron chi connectivity index (χ1n) is 6.84. The van der Waals surface area contributed by atoms with Crippen LogP contribution in [0.2, 0.25) is 0 Å². The molecule has 0 bridgehead atoms. The molecule has 0 aromatic carbocycles. The lowest BCUT2D eigenvalue weighted by atomic mass is 10.1. The van der Waals surface area contributed by atoms with Crippen LogP contribution in [-0.4, -0.2) is 17.6 Å². The van der Waals surface area contributed by atoms with Crippen LogP contribution in [0.15, 0.2) is 48.6 Å². The van der Waals surface area contributed by atoms with Crippen LogP contribution in [0, 0.1) is 0 Å². The number of nitrogens with zero attached hydrogens (tertiary/aromatic N) is 2. The predicted octanol–water partition coefficient (Wildman–Crippen LogP) is 4.77. The van der Waals surface area contributed by atoms with Gasteiger partial charge in [0.2, 0.25) is 0 Å². The van der Waals surface area contributed by atoms with Crippen molar-refractivity contribution < 1.29 is 4.79 Å². The Morgan fingerprint density at radius 2 is 2.00 bits per heavy atom. The molecule has 0 aliphatic carbocycles. The molecule has 21 heavy (non-hydrogen) atoms. The molecule has 1 rings (SSSR count). The summed E-state index contributed by atoms with van der Waals surface area (Å²) in [6.07, 6.45) is 5.93. The van der Waals surface area contributed by atoms with Crippen LogP contribution in [-0.2, 0) is 6.54 Å². The summed E-state index contributed by atoms with van der Waals surface area (Å²) in [5, 5.41) is 0. The molecule has 0 aliphatic rings. The van der Waals surface area contributed by atoms with E-state index >= 15 is 0 Å². The first kappa shape index (κ1) is 18.6. The van der Waals surface area contributed by atoms with E-state index in [2.05, 4.69) is 31.4 Å². The number of hydrogen-bond acceptors (Lipinski definition) is 2. The topological polar surface area (TPSA) is 34.4 Å². The van der Waals surface area contributed by atoms with Gasteiger partial charge in [-0.2, -0.15) is 0 Å². The van der Waals surface area contributed by atoms with Gasteiger partial charge in [0.1, 0.15) is 0 Å². The third-order valence-corrected chi connectivity index (χ3v) is 2.78. The van der Waals surface area contributed by atoms with E-state index in [4.69, 9.17) is 0 Å². The van der Waals surface area contributed by atoms with Crippen molar-refractivity contribution >= 4 is 24.7 Å². The normalized spacial score (nSPS) is 10.1. The Kier molecular flexibility index (Phi) is 8.39. The first-order chi connectivity index (χ1) is 10.1. The Balaban J connectivity index is 0.00000191. The Labute approximate surface area is 127 Å². The summed E-state index contributed by atoms with van der Waals surface area (Å²) in [7, 11) is 0. The Bertz CT molecular complexity index is 574. The van der Waals surface area contributed by atoms with Crippen molar-refractivity contribution in [2.24, 2.45) is 4.99 Å². The van der Waals surface area contributed by atoms with Gasteiger partial charge in [-0.05, 0) is 37.4 Å². The molecule has 0 N–H and O–H groups in total. The molecule has 0 unspecified atom stereocenters. The molecule has 1 aromatic rings. The van der Waals surface area contributed by atoms with Gasteiger partial charge in [0.15, 0.2) is 6.29 Å². The molecule has 0 atom stereocenters. The second kappa shape index (κ2) is 9.48. The second-order valence-electron chi connectivity index (χ2n) is 4.11. The van der Waals surface area contributed by atoms with Gasteiger partial charge in [0.25, 0.3) is 0 Å². The van der Waals surface area contributed by atoms with E-state index in [0.29, 0.717) is 12.2 Å². The maximum absolute atomic E-state index is 11.2. The average molecular weight is 284 g/mol. The van der Waals surface area contributed by atoms with Crippen molar-refractivity contribution in [2.75, 3.05) is 0 Å². The van der Waals surface area contributed by atoms with Gasteiger partial charge >= 0.3 is 0 Å². The van der Waals surface area contributed by atoms with E-state index < -0.39 is 0 Å². The molecule has 112 valence electrons. The molecule has 0 saturated heterocycles. The van der Waals surface area contributed by atoms with Gasteiger partial charge in [-0.25, -0.2) is 0 Å².